The minimum absolute atomic E-state index is 0.341. The Morgan fingerprint density at radius 1 is 1.20 bits per heavy atom. The van der Waals surface area contributed by atoms with Gasteiger partial charge in [0.1, 0.15) is 5.75 Å². The number of hydrogen-bond acceptors (Lipinski definition) is 3. The van der Waals surface area contributed by atoms with Crippen molar-refractivity contribution in [1.29, 1.82) is 0 Å². The van der Waals surface area contributed by atoms with Crippen molar-refractivity contribution in [3.63, 3.8) is 0 Å². The third-order valence-corrected chi connectivity index (χ3v) is 2.77. The summed E-state index contributed by atoms with van der Waals surface area (Å²) < 4.78 is 0. The smallest absolute Gasteiger partial charge is 0.115 e. The molecule has 1 heterocycles. The molecule has 0 bridgehead atoms. The Bertz CT molecular complexity index is 308. The predicted octanol–water partition coefficient (Wildman–Crippen LogP) is 1.88. The summed E-state index contributed by atoms with van der Waals surface area (Å²) in [4.78, 5) is 0. The van der Waals surface area contributed by atoms with Gasteiger partial charge in [0.05, 0.1) is 0 Å². The number of benzene rings is 1. The lowest BCUT2D eigenvalue weighted by Crippen LogP contribution is -2.41. The normalized spacial score (nSPS) is 17.9. The third kappa shape index (κ3) is 3.22. The van der Waals surface area contributed by atoms with Crippen LogP contribution in [0.1, 0.15) is 24.8 Å². The van der Waals surface area contributed by atoms with Crippen LogP contribution in [-0.2, 0) is 6.54 Å². The lowest BCUT2D eigenvalue weighted by Gasteiger charge is -2.27. The molecule has 3 heteroatoms. The monoisotopic (exact) mass is 206 g/mol. The number of nitrogens with zero attached hydrogens (tertiary/aromatic N) is 1. The van der Waals surface area contributed by atoms with Crippen LogP contribution >= 0.6 is 0 Å². The summed E-state index contributed by atoms with van der Waals surface area (Å²) >= 11 is 0. The topological polar surface area (TPSA) is 35.5 Å². The molecule has 1 fully saturated rings. The van der Waals surface area contributed by atoms with Crippen LogP contribution in [0, 0.1) is 0 Å². The maximum atomic E-state index is 9.31. The zero-order valence-electron chi connectivity index (χ0n) is 8.95. The van der Waals surface area contributed by atoms with Crippen molar-refractivity contribution in [3.05, 3.63) is 29.8 Å². The van der Waals surface area contributed by atoms with Gasteiger partial charge in [-0.25, -0.2) is 5.01 Å². The van der Waals surface area contributed by atoms with Gasteiger partial charge in [-0.2, -0.15) is 0 Å². The van der Waals surface area contributed by atoms with Gasteiger partial charge in [0, 0.05) is 19.6 Å². The van der Waals surface area contributed by atoms with Crippen molar-refractivity contribution < 1.29 is 5.11 Å². The second-order valence-electron chi connectivity index (χ2n) is 4.05. The molecule has 1 aromatic rings. The molecule has 3 nitrogen and oxygen atoms in total. The first-order valence-electron chi connectivity index (χ1n) is 5.61. The molecule has 0 saturated carbocycles. The number of hydrogen-bond donors (Lipinski definition) is 2. The van der Waals surface area contributed by atoms with Crippen molar-refractivity contribution in [2.24, 2.45) is 0 Å². The van der Waals surface area contributed by atoms with Crippen molar-refractivity contribution >= 4 is 0 Å². The van der Waals surface area contributed by atoms with E-state index in [-0.39, 0.29) is 0 Å². The number of rotatable bonds is 3. The Labute approximate surface area is 90.7 Å². The Hall–Kier alpha value is -1.06. The Morgan fingerprint density at radius 3 is 2.73 bits per heavy atom. The number of piperidine rings is 1. The average Bonchev–Trinajstić information content (AvgIpc) is 2.28. The molecule has 2 rings (SSSR count). The summed E-state index contributed by atoms with van der Waals surface area (Å²) in [5.41, 5.74) is 4.51. The molecular weight excluding hydrogens is 188 g/mol. The Balaban J connectivity index is 1.81. The first-order valence-corrected chi connectivity index (χ1v) is 5.61. The zero-order chi connectivity index (χ0) is 10.5. The van der Waals surface area contributed by atoms with Gasteiger partial charge in [-0.15, -0.1) is 0 Å². The van der Waals surface area contributed by atoms with Gasteiger partial charge >= 0.3 is 0 Å². The van der Waals surface area contributed by atoms with Gasteiger partial charge in [-0.1, -0.05) is 18.6 Å². The molecule has 15 heavy (non-hydrogen) atoms. The maximum Gasteiger partial charge on any atom is 0.115 e. The van der Waals surface area contributed by atoms with Crippen LogP contribution in [0.3, 0.4) is 0 Å². The van der Waals surface area contributed by atoms with E-state index in [1.54, 1.807) is 12.1 Å². The van der Waals surface area contributed by atoms with Crippen molar-refractivity contribution in [1.82, 2.24) is 10.4 Å². The fourth-order valence-corrected chi connectivity index (χ4v) is 1.92. The number of hydrazine groups is 1. The minimum atomic E-state index is 0.341. The van der Waals surface area contributed by atoms with Crippen molar-refractivity contribution in [2.75, 3.05) is 13.1 Å². The van der Waals surface area contributed by atoms with Crippen LogP contribution in [0.5, 0.6) is 5.75 Å². The van der Waals surface area contributed by atoms with Crippen LogP contribution < -0.4 is 5.43 Å². The number of phenols is 1. The van der Waals surface area contributed by atoms with Crippen LogP contribution in [0.25, 0.3) is 0 Å². The van der Waals surface area contributed by atoms with E-state index in [4.69, 9.17) is 0 Å². The summed E-state index contributed by atoms with van der Waals surface area (Å²) in [6.45, 7) is 3.08. The highest BCUT2D eigenvalue weighted by Gasteiger charge is 2.08. The van der Waals surface area contributed by atoms with Crippen LogP contribution in [0.2, 0.25) is 0 Å². The van der Waals surface area contributed by atoms with Crippen molar-refractivity contribution in [2.45, 2.75) is 25.8 Å². The summed E-state index contributed by atoms with van der Waals surface area (Å²) in [6, 6.07) is 7.40. The molecule has 0 aliphatic carbocycles. The molecule has 2 N–H and O–H groups in total. The minimum Gasteiger partial charge on any atom is -0.508 e. The standard InChI is InChI=1S/C12H18N2O/c15-12-6-4-5-11(9-12)10-13-14-7-2-1-3-8-14/h4-6,9,13,15H,1-3,7-8,10H2. The van der Waals surface area contributed by atoms with Crippen LogP contribution in [-0.4, -0.2) is 23.2 Å². The van der Waals surface area contributed by atoms with E-state index in [2.05, 4.69) is 10.4 Å². The van der Waals surface area contributed by atoms with E-state index in [0.29, 0.717) is 5.75 Å². The first kappa shape index (κ1) is 10.5. The quantitative estimate of drug-likeness (QED) is 0.792. The van der Waals surface area contributed by atoms with Gasteiger partial charge in [0.25, 0.3) is 0 Å². The first-order chi connectivity index (χ1) is 7.34. The summed E-state index contributed by atoms with van der Waals surface area (Å²) in [5, 5.41) is 11.6. The highest BCUT2D eigenvalue weighted by Crippen LogP contribution is 2.11. The summed E-state index contributed by atoms with van der Waals surface area (Å²) in [6.07, 6.45) is 3.92. The molecule has 0 unspecified atom stereocenters. The van der Waals surface area contributed by atoms with Gasteiger partial charge in [-0.05, 0) is 30.5 Å². The highest BCUT2D eigenvalue weighted by atomic mass is 16.3. The Kier molecular flexibility index (Phi) is 3.59. The predicted molar refractivity (Wildman–Crippen MR) is 60.4 cm³/mol. The van der Waals surface area contributed by atoms with E-state index in [0.717, 1.165) is 25.2 Å². The fourth-order valence-electron chi connectivity index (χ4n) is 1.92. The molecule has 0 spiro atoms. The van der Waals surface area contributed by atoms with Crippen LogP contribution in [0.15, 0.2) is 24.3 Å². The van der Waals surface area contributed by atoms with E-state index >= 15 is 0 Å². The van der Waals surface area contributed by atoms with Gasteiger partial charge in [0.2, 0.25) is 0 Å². The lowest BCUT2D eigenvalue weighted by molar-refractivity contribution is 0.151. The van der Waals surface area contributed by atoms with E-state index in [1.807, 2.05) is 12.1 Å². The average molecular weight is 206 g/mol. The molecule has 1 aliphatic heterocycles. The fraction of sp³-hybridized carbons (Fsp3) is 0.500. The number of aromatic hydroxyl groups is 1. The molecule has 1 saturated heterocycles. The molecule has 0 radical (unpaired) electrons. The molecule has 1 aromatic carbocycles. The lowest BCUT2D eigenvalue weighted by atomic mass is 10.2. The van der Waals surface area contributed by atoms with Crippen LogP contribution in [0.4, 0.5) is 0 Å². The third-order valence-electron chi connectivity index (χ3n) is 2.77. The van der Waals surface area contributed by atoms with E-state index in [1.165, 1.54) is 19.3 Å². The van der Waals surface area contributed by atoms with Crippen molar-refractivity contribution in [3.8, 4) is 5.75 Å². The SMILES string of the molecule is Oc1cccc(CNN2CCCCC2)c1. The summed E-state index contributed by atoms with van der Waals surface area (Å²) in [5.74, 6) is 0.341. The Morgan fingerprint density at radius 2 is 2.00 bits per heavy atom. The molecular formula is C12H18N2O. The second-order valence-corrected chi connectivity index (χ2v) is 4.05. The summed E-state index contributed by atoms with van der Waals surface area (Å²) in [7, 11) is 0. The van der Waals surface area contributed by atoms with Gasteiger partial charge in [-0.3, -0.25) is 5.43 Å². The zero-order valence-corrected chi connectivity index (χ0v) is 8.95. The highest BCUT2D eigenvalue weighted by molar-refractivity contribution is 5.26. The molecule has 0 amide bonds. The molecule has 0 atom stereocenters. The molecule has 1 aliphatic rings. The second kappa shape index (κ2) is 5.14. The molecule has 82 valence electrons. The maximum absolute atomic E-state index is 9.31. The largest absolute Gasteiger partial charge is 0.508 e. The number of phenolic OH excluding ortho intramolecular Hbond substituents is 1. The molecule has 0 aromatic heterocycles. The number of nitrogens with one attached hydrogen (secondary N) is 1. The van der Waals surface area contributed by atoms with E-state index < -0.39 is 0 Å². The van der Waals surface area contributed by atoms with Gasteiger partial charge < -0.3 is 5.11 Å². The van der Waals surface area contributed by atoms with Gasteiger partial charge in [0.15, 0.2) is 0 Å². The van der Waals surface area contributed by atoms with E-state index in [9.17, 15) is 5.11 Å².